The number of allylic oxidation sites excluding steroid dienone is 2. The highest BCUT2D eigenvalue weighted by atomic mass is 35.5. The molecule has 1 unspecified atom stereocenters. The number of carbonyl (C=O) groups is 1. The summed E-state index contributed by atoms with van der Waals surface area (Å²) < 4.78 is 108. The molecule has 4 aromatic rings. The average Bonchev–Trinajstić information content (AvgIpc) is 4.00. The number of pyridine rings is 1. The Morgan fingerprint density at radius 2 is 1.79 bits per heavy atom. The van der Waals surface area contributed by atoms with Crippen LogP contribution in [0.2, 0.25) is 5.02 Å². The third-order valence-corrected chi connectivity index (χ3v) is 10.3. The molecular formula is C38H37ClF7N7O3S. The summed E-state index contributed by atoms with van der Waals surface area (Å²) in [6.07, 6.45) is -1.62. The van der Waals surface area contributed by atoms with Gasteiger partial charge in [-0.05, 0) is 79.3 Å². The Morgan fingerprint density at radius 3 is 2.32 bits per heavy atom. The van der Waals surface area contributed by atoms with Crippen molar-refractivity contribution < 1.29 is 44.8 Å². The van der Waals surface area contributed by atoms with Crippen LogP contribution in [0, 0.1) is 40.7 Å². The quantitative estimate of drug-likeness (QED) is 0.0460. The molecule has 2 aromatic heterocycles. The van der Waals surface area contributed by atoms with E-state index < -0.39 is 67.9 Å². The molecule has 19 heteroatoms. The Labute approximate surface area is 328 Å². The molecule has 2 saturated carbocycles. The smallest absolute Gasteiger partial charge is 0.397 e. The first-order valence-electron chi connectivity index (χ1n) is 17.1. The number of halogens is 8. The molecule has 0 radical (unpaired) electrons. The summed E-state index contributed by atoms with van der Waals surface area (Å²) in [5.41, 5.74) is 8.50. The lowest BCUT2D eigenvalue weighted by Crippen LogP contribution is -2.30. The SMILES string of the molecule is C=S(C)(=O)Nc1nn(C)c2c(-c3ccc(C#CC4(O)CC4)nc3[C@@H](C)Cc3cc(F)cc(F)c3)ccc(Cl)c12.N=C(C1=C(N)C(F)(F)[C@@H]2C[C@H]12)C(F)(F)F.NC=O. The number of primary amides is 1. The molecule has 0 bridgehead atoms. The number of nitrogens with two attached hydrogens (primary N) is 2. The molecule has 0 spiro atoms. The molecule has 10 nitrogen and oxygen atoms in total. The van der Waals surface area contributed by atoms with E-state index in [1.165, 1.54) is 18.4 Å². The molecule has 0 aliphatic heterocycles. The third kappa shape index (κ3) is 9.54. The van der Waals surface area contributed by atoms with E-state index in [1.807, 2.05) is 19.1 Å². The van der Waals surface area contributed by atoms with Crippen LogP contribution in [0.4, 0.5) is 36.6 Å². The van der Waals surface area contributed by atoms with Crippen molar-refractivity contribution in [3.63, 3.8) is 0 Å². The van der Waals surface area contributed by atoms with Crippen LogP contribution in [-0.2, 0) is 28.0 Å². The Bertz CT molecular complexity index is 2450. The fourth-order valence-electron chi connectivity index (χ4n) is 6.59. The number of nitrogens with zero attached hydrogens (tertiary/aromatic N) is 3. The number of amides is 1. The number of fused-ring (bicyclic) bond motifs is 2. The number of aromatic nitrogens is 3. The molecular weight excluding hydrogens is 803 g/mol. The molecule has 7 rings (SSSR count). The first-order valence-corrected chi connectivity index (χ1v) is 19.6. The van der Waals surface area contributed by atoms with E-state index in [0.717, 1.165) is 17.2 Å². The van der Waals surface area contributed by atoms with Crippen LogP contribution in [0.3, 0.4) is 0 Å². The normalized spacial score (nSPS) is 20.0. The zero-order valence-corrected chi connectivity index (χ0v) is 32.2. The van der Waals surface area contributed by atoms with E-state index >= 15 is 0 Å². The first-order chi connectivity index (χ1) is 26.4. The minimum Gasteiger partial charge on any atom is -0.397 e. The van der Waals surface area contributed by atoms with Gasteiger partial charge < -0.3 is 16.6 Å². The van der Waals surface area contributed by atoms with Crippen molar-refractivity contribution >= 4 is 56.0 Å². The van der Waals surface area contributed by atoms with Crippen LogP contribution in [0.15, 0.2) is 53.7 Å². The Kier molecular flexibility index (Phi) is 11.8. The second-order valence-corrected chi connectivity index (χ2v) is 16.7. The van der Waals surface area contributed by atoms with E-state index in [2.05, 4.69) is 33.3 Å². The molecule has 2 fully saturated rings. The number of hydrogen-bond donors (Lipinski definition) is 5. The second-order valence-electron chi connectivity index (χ2n) is 14.1. The van der Waals surface area contributed by atoms with Crippen molar-refractivity contribution in [2.24, 2.45) is 30.4 Å². The predicted molar refractivity (Wildman–Crippen MR) is 205 cm³/mol. The second kappa shape index (κ2) is 15.7. The Morgan fingerprint density at radius 1 is 1.19 bits per heavy atom. The molecule has 1 amide bonds. The van der Waals surface area contributed by atoms with Gasteiger partial charge in [-0.3, -0.25) is 19.6 Å². The number of rotatable bonds is 7. The summed E-state index contributed by atoms with van der Waals surface area (Å²) in [7, 11) is -0.865. The summed E-state index contributed by atoms with van der Waals surface area (Å²) in [4.78, 5) is 13.4. The van der Waals surface area contributed by atoms with E-state index in [4.69, 9.17) is 32.5 Å². The van der Waals surface area contributed by atoms with Crippen molar-refractivity contribution in [3.05, 3.63) is 87.3 Å². The maximum Gasteiger partial charge on any atom is 0.433 e. The van der Waals surface area contributed by atoms with Crippen LogP contribution < -0.4 is 16.2 Å². The number of aliphatic hydroxyl groups is 1. The maximum absolute atomic E-state index is 13.9. The number of carbonyl (C=O) groups excluding carboxylic acids is 1. The minimum atomic E-state index is -4.91. The average molecular weight is 840 g/mol. The van der Waals surface area contributed by atoms with Gasteiger partial charge >= 0.3 is 6.18 Å². The van der Waals surface area contributed by atoms with Crippen molar-refractivity contribution in [1.29, 1.82) is 5.41 Å². The van der Waals surface area contributed by atoms with Crippen LogP contribution in [0.5, 0.6) is 0 Å². The van der Waals surface area contributed by atoms with Gasteiger partial charge in [0.05, 0.1) is 27.3 Å². The lowest BCUT2D eigenvalue weighted by molar-refractivity contribution is -0.106. The fraction of sp³-hybridized carbons (Fsp3) is 0.342. The summed E-state index contributed by atoms with van der Waals surface area (Å²) >= 11 is 6.58. The molecule has 3 aliphatic carbocycles. The number of hydrogen-bond acceptors (Lipinski definition) is 7. The third-order valence-electron chi connectivity index (χ3n) is 9.37. The standard InChI is InChI=1S/C29H27ClF2N4O2S.C8H7F5N2.CH3NO/c1-17(13-18-14-19(31)16-20(32)15-18)26-22(6-5-21(33-26)9-10-29(37)11-12-29)23-7-8-24(30)25-27(23)36(2)34-28(25)35-39(3,4)38;9-7(10)3-1-2(3)4(5(7)14)6(15)8(11,12)13;2-1-3/h5-8,14-17,37H,3,11-13H2,1-2,4H3,(H,34,35,38);2-3,15H,1,14H2;1H,(H2,2,3)/t17-,39?;2-,3+;/m00./s1. The van der Waals surface area contributed by atoms with E-state index in [9.17, 15) is 40.0 Å². The fourth-order valence-corrected chi connectivity index (χ4v) is 7.38. The van der Waals surface area contributed by atoms with Crippen molar-refractivity contribution in [3.8, 4) is 23.0 Å². The van der Waals surface area contributed by atoms with Gasteiger partial charge in [-0.2, -0.15) is 27.1 Å². The largest absolute Gasteiger partial charge is 0.433 e. The highest BCUT2D eigenvalue weighted by Gasteiger charge is 2.66. The number of aryl methyl sites for hydroxylation is 1. The van der Waals surface area contributed by atoms with Crippen LogP contribution in [0.1, 0.15) is 49.1 Å². The predicted octanol–water partition coefficient (Wildman–Crippen LogP) is 6.63. The highest BCUT2D eigenvalue weighted by Crippen LogP contribution is 2.62. The van der Waals surface area contributed by atoms with Gasteiger partial charge in [0, 0.05) is 57.6 Å². The van der Waals surface area contributed by atoms with Gasteiger partial charge in [0.25, 0.3) is 5.92 Å². The molecule has 2 aromatic carbocycles. The van der Waals surface area contributed by atoms with Crippen LogP contribution in [0.25, 0.3) is 22.0 Å². The summed E-state index contributed by atoms with van der Waals surface area (Å²) in [6, 6.07) is 10.7. The zero-order chi connectivity index (χ0) is 42.4. The van der Waals surface area contributed by atoms with E-state index in [-0.39, 0.29) is 18.7 Å². The summed E-state index contributed by atoms with van der Waals surface area (Å²) in [5, 5.41) is 22.5. The number of alkyl halides is 5. The highest BCUT2D eigenvalue weighted by molar-refractivity contribution is 8.00. The number of nitrogens with one attached hydrogen (secondary N) is 2. The van der Waals surface area contributed by atoms with Crippen molar-refractivity contribution in [2.75, 3.05) is 11.0 Å². The lowest BCUT2D eigenvalue weighted by Gasteiger charge is -2.18. The van der Waals surface area contributed by atoms with Gasteiger partial charge in [0.15, 0.2) is 5.82 Å². The molecule has 0 saturated heterocycles. The lowest BCUT2D eigenvalue weighted by atomic mass is 9.90. The molecule has 57 heavy (non-hydrogen) atoms. The van der Waals surface area contributed by atoms with E-state index in [1.54, 1.807) is 23.9 Å². The molecule has 3 aliphatic rings. The van der Waals surface area contributed by atoms with Crippen LogP contribution >= 0.6 is 11.6 Å². The zero-order valence-electron chi connectivity index (χ0n) is 30.6. The summed E-state index contributed by atoms with van der Waals surface area (Å²) in [6.45, 7) is 1.93. The van der Waals surface area contributed by atoms with E-state index in [0.29, 0.717) is 58.0 Å². The number of benzene rings is 2. The molecule has 2 heterocycles. The van der Waals surface area contributed by atoms with Gasteiger partial charge in [-0.15, -0.1) is 0 Å². The van der Waals surface area contributed by atoms with Gasteiger partial charge in [-0.1, -0.05) is 30.5 Å². The summed E-state index contributed by atoms with van der Waals surface area (Å²) in [5.74, 6) is 2.92. The van der Waals surface area contributed by atoms with Gasteiger partial charge in [0.1, 0.15) is 28.6 Å². The monoisotopic (exact) mass is 839 g/mol. The van der Waals surface area contributed by atoms with Crippen LogP contribution in [-0.4, -0.2) is 66.0 Å². The Hall–Kier alpha value is -5.12. The number of anilines is 1. The first kappa shape index (κ1) is 43.0. The topological polar surface area (TPSA) is 173 Å². The van der Waals surface area contributed by atoms with Gasteiger partial charge in [-0.25, -0.2) is 18.0 Å². The van der Waals surface area contributed by atoms with Crippen molar-refractivity contribution in [2.45, 2.75) is 56.2 Å². The Balaban J connectivity index is 0.000000285. The molecule has 4 atom stereocenters. The van der Waals surface area contributed by atoms with Gasteiger partial charge in [0.2, 0.25) is 6.41 Å². The van der Waals surface area contributed by atoms with Crippen molar-refractivity contribution in [1.82, 2.24) is 14.8 Å². The molecule has 7 N–H and O–H groups in total. The maximum atomic E-state index is 13.9. The minimum absolute atomic E-state index is 0.0124. The molecule has 304 valence electrons.